The zero-order valence-electron chi connectivity index (χ0n) is 25.5. The van der Waals surface area contributed by atoms with Gasteiger partial charge in [-0.2, -0.15) is 0 Å². The van der Waals surface area contributed by atoms with Gasteiger partial charge in [0.25, 0.3) is 0 Å². The first-order valence-corrected chi connectivity index (χ1v) is 15.3. The standard InChI is InChI=1S/C33H48N2O7/c1-36-16-4-14-35-15-20-41-29-10-5-25(21-28(29)35)24-42-31-23-34-22-30(32(31)26-6-8-27(37-2)9-7-26)40-19-13-33(38-3)11-17-39-18-12-33/h5-10,21,30-32,34H,4,11-20,22-24H2,1-3H3/t30-,31+,32+/m1/s1. The topological polar surface area (TPSA) is 79.9 Å². The number of fused-ring (bicyclic) bond motifs is 1. The molecule has 1 N–H and O–H groups in total. The van der Waals surface area contributed by atoms with Gasteiger partial charge in [0.1, 0.15) is 18.1 Å². The highest BCUT2D eigenvalue weighted by atomic mass is 16.5. The fraction of sp³-hybridized carbons (Fsp3) is 0.636. The van der Waals surface area contributed by atoms with E-state index >= 15 is 0 Å². The third-order valence-corrected chi connectivity index (χ3v) is 8.94. The van der Waals surface area contributed by atoms with E-state index in [9.17, 15) is 0 Å². The number of anilines is 1. The lowest BCUT2D eigenvalue weighted by Gasteiger charge is -2.40. The molecule has 232 valence electrons. The Labute approximate surface area is 250 Å². The summed E-state index contributed by atoms with van der Waals surface area (Å²) in [6.45, 7) is 7.42. The fourth-order valence-corrected chi connectivity index (χ4v) is 6.38. The number of hydrogen-bond acceptors (Lipinski definition) is 9. The predicted molar refractivity (Wildman–Crippen MR) is 162 cm³/mol. The van der Waals surface area contributed by atoms with Crippen molar-refractivity contribution in [3.05, 3.63) is 53.6 Å². The van der Waals surface area contributed by atoms with Gasteiger partial charge in [-0.15, -0.1) is 0 Å². The molecule has 3 heterocycles. The van der Waals surface area contributed by atoms with Gasteiger partial charge in [-0.25, -0.2) is 0 Å². The first-order valence-electron chi connectivity index (χ1n) is 15.3. The van der Waals surface area contributed by atoms with E-state index in [1.165, 1.54) is 5.56 Å². The first kappa shape index (κ1) is 31.0. The van der Waals surface area contributed by atoms with E-state index in [0.29, 0.717) is 19.8 Å². The summed E-state index contributed by atoms with van der Waals surface area (Å²) >= 11 is 0. The maximum atomic E-state index is 6.69. The predicted octanol–water partition coefficient (Wildman–Crippen LogP) is 4.17. The van der Waals surface area contributed by atoms with E-state index in [-0.39, 0.29) is 23.7 Å². The highest BCUT2D eigenvalue weighted by Gasteiger charge is 2.38. The van der Waals surface area contributed by atoms with E-state index in [1.807, 2.05) is 19.2 Å². The van der Waals surface area contributed by atoms with Crippen LogP contribution in [-0.4, -0.2) is 98.4 Å². The van der Waals surface area contributed by atoms with Gasteiger partial charge in [0, 0.05) is 66.2 Å². The Bertz CT molecular complexity index is 1090. The zero-order valence-corrected chi connectivity index (χ0v) is 25.5. The molecule has 0 aromatic heterocycles. The molecule has 0 saturated carbocycles. The van der Waals surface area contributed by atoms with Gasteiger partial charge in [0.05, 0.1) is 43.8 Å². The summed E-state index contributed by atoms with van der Waals surface area (Å²) in [5.74, 6) is 1.86. The van der Waals surface area contributed by atoms with Crippen LogP contribution in [0.4, 0.5) is 5.69 Å². The van der Waals surface area contributed by atoms with Gasteiger partial charge in [-0.05, 0) is 61.1 Å². The Morgan fingerprint density at radius 2 is 1.71 bits per heavy atom. The molecule has 2 aromatic carbocycles. The summed E-state index contributed by atoms with van der Waals surface area (Å²) in [4.78, 5) is 2.39. The van der Waals surface area contributed by atoms with Crippen molar-refractivity contribution in [2.24, 2.45) is 0 Å². The van der Waals surface area contributed by atoms with E-state index < -0.39 is 0 Å². The maximum absolute atomic E-state index is 6.69. The van der Waals surface area contributed by atoms with Crippen LogP contribution >= 0.6 is 0 Å². The van der Waals surface area contributed by atoms with E-state index in [0.717, 1.165) is 94.4 Å². The molecule has 0 amide bonds. The molecule has 0 aliphatic carbocycles. The smallest absolute Gasteiger partial charge is 0.142 e. The van der Waals surface area contributed by atoms with Gasteiger partial charge >= 0.3 is 0 Å². The number of rotatable bonds is 14. The second kappa shape index (κ2) is 15.4. The number of nitrogens with zero attached hydrogens (tertiary/aromatic N) is 1. The van der Waals surface area contributed by atoms with Crippen LogP contribution in [0.2, 0.25) is 0 Å². The van der Waals surface area contributed by atoms with Crippen molar-refractivity contribution < 1.29 is 33.2 Å². The summed E-state index contributed by atoms with van der Waals surface area (Å²) in [7, 11) is 5.25. The number of benzene rings is 2. The molecule has 3 aliphatic rings. The largest absolute Gasteiger partial charge is 0.497 e. The van der Waals surface area contributed by atoms with Crippen LogP contribution in [0.1, 0.15) is 42.7 Å². The van der Waals surface area contributed by atoms with Crippen molar-refractivity contribution in [1.29, 1.82) is 0 Å². The van der Waals surface area contributed by atoms with Crippen molar-refractivity contribution in [3.63, 3.8) is 0 Å². The Hall–Kier alpha value is -2.40. The molecule has 2 fully saturated rings. The van der Waals surface area contributed by atoms with Gasteiger partial charge < -0.3 is 43.4 Å². The third-order valence-electron chi connectivity index (χ3n) is 8.94. The lowest BCUT2D eigenvalue weighted by molar-refractivity contribution is -0.116. The Balaban J connectivity index is 1.28. The average molecular weight is 585 g/mol. The number of nitrogens with one attached hydrogen (secondary N) is 1. The van der Waals surface area contributed by atoms with Gasteiger partial charge in [-0.3, -0.25) is 0 Å². The fourth-order valence-electron chi connectivity index (χ4n) is 6.38. The molecule has 0 unspecified atom stereocenters. The van der Waals surface area contributed by atoms with Crippen LogP contribution in [0.5, 0.6) is 11.5 Å². The van der Waals surface area contributed by atoms with E-state index in [4.69, 9.17) is 33.2 Å². The van der Waals surface area contributed by atoms with Crippen LogP contribution in [0.3, 0.4) is 0 Å². The minimum atomic E-state index is -0.167. The normalized spacial score (nSPS) is 23.7. The van der Waals surface area contributed by atoms with Crippen LogP contribution in [0.25, 0.3) is 0 Å². The van der Waals surface area contributed by atoms with E-state index in [1.54, 1.807) is 14.2 Å². The van der Waals surface area contributed by atoms with Crippen molar-refractivity contribution in [2.45, 2.75) is 56.0 Å². The van der Waals surface area contributed by atoms with Gasteiger partial charge in [0.2, 0.25) is 0 Å². The quantitative estimate of drug-likeness (QED) is 0.329. The summed E-state index contributed by atoms with van der Waals surface area (Å²) in [6, 6.07) is 14.7. The summed E-state index contributed by atoms with van der Waals surface area (Å²) in [5, 5.41) is 3.58. The average Bonchev–Trinajstić information content (AvgIpc) is 3.04. The number of ether oxygens (including phenoxy) is 7. The van der Waals surface area contributed by atoms with Crippen LogP contribution in [-0.2, 0) is 30.3 Å². The second-order valence-corrected chi connectivity index (χ2v) is 11.4. The minimum Gasteiger partial charge on any atom is -0.497 e. The number of hydrogen-bond donors (Lipinski definition) is 1. The Morgan fingerprint density at radius 1 is 0.929 bits per heavy atom. The Morgan fingerprint density at radius 3 is 2.45 bits per heavy atom. The number of piperidine rings is 1. The van der Waals surface area contributed by atoms with Crippen molar-refractivity contribution in [1.82, 2.24) is 5.32 Å². The minimum absolute atomic E-state index is 0.0286. The monoisotopic (exact) mass is 584 g/mol. The lowest BCUT2D eigenvalue weighted by Crippen LogP contribution is -2.51. The second-order valence-electron chi connectivity index (χ2n) is 11.4. The molecular weight excluding hydrogens is 536 g/mol. The van der Waals surface area contributed by atoms with Crippen molar-refractivity contribution in [3.8, 4) is 11.5 Å². The number of methoxy groups -OCH3 is 3. The zero-order chi connectivity index (χ0) is 29.2. The molecule has 9 heteroatoms. The van der Waals surface area contributed by atoms with Crippen molar-refractivity contribution in [2.75, 3.05) is 85.4 Å². The van der Waals surface area contributed by atoms with Crippen molar-refractivity contribution >= 4 is 5.69 Å². The van der Waals surface area contributed by atoms with E-state index in [2.05, 4.69) is 40.5 Å². The lowest BCUT2D eigenvalue weighted by atomic mass is 9.85. The molecule has 0 spiro atoms. The summed E-state index contributed by atoms with van der Waals surface area (Å²) < 4.78 is 41.5. The highest BCUT2D eigenvalue weighted by Crippen LogP contribution is 2.36. The van der Waals surface area contributed by atoms with Crippen LogP contribution < -0.4 is 19.7 Å². The molecule has 9 nitrogen and oxygen atoms in total. The van der Waals surface area contributed by atoms with Gasteiger partial charge in [-0.1, -0.05) is 18.2 Å². The SMILES string of the molecule is COCCCN1CCOc2ccc(CO[C@H]3CNC[C@@H](OCCC4(OC)CCOCC4)[C@@H]3c3ccc(OC)cc3)cc21. The molecule has 2 aromatic rings. The summed E-state index contributed by atoms with van der Waals surface area (Å²) in [6.07, 6.45) is 3.55. The molecule has 3 aliphatic heterocycles. The highest BCUT2D eigenvalue weighted by molar-refractivity contribution is 5.61. The van der Waals surface area contributed by atoms with Crippen LogP contribution in [0, 0.1) is 0 Å². The molecule has 42 heavy (non-hydrogen) atoms. The first-order chi connectivity index (χ1) is 20.6. The molecule has 3 atom stereocenters. The molecule has 0 radical (unpaired) electrons. The molecule has 5 rings (SSSR count). The third kappa shape index (κ3) is 7.75. The Kier molecular flexibility index (Phi) is 11.4. The molecular formula is C33H48N2O7. The maximum Gasteiger partial charge on any atom is 0.142 e. The van der Waals surface area contributed by atoms with Gasteiger partial charge in [0.15, 0.2) is 0 Å². The molecule has 0 bridgehead atoms. The van der Waals surface area contributed by atoms with Crippen LogP contribution in [0.15, 0.2) is 42.5 Å². The summed E-state index contributed by atoms with van der Waals surface area (Å²) in [5.41, 5.74) is 3.30. The molecule has 2 saturated heterocycles.